The maximum Gasteiger partial charge on any atom is 0.158 e. The van der Waals surface area contributed by atoms with Crippen LogP contribution in [0.5, 0.6) is 0 Å². The maximum absolute atomic E-state index is 8.74. The fraction of sp³-hybridized carbons (Fsp3) is 1.00. The van der Waals surface area contributed by atoms with E-state index in [0.717, 1.165) is 19.3 Å². The fourth-order valence-electron chi connectivity index (χ4n) is 3.96. The van der Waals surface area contributed by atoms with Crippen LogP contribution in [0.1, 0.15) is 122 Å². The van der Waals surface area contributed by atoms with Crippen LogP contribution in [0.3, 0.4) is 0 Å². The highest BCUT2D eigenvalue weighted by molar-refractivity contribution is 4.65. The Morgan fingerprint density at radius 1 is 0.724 bits per heavy atom. The topological polar surface area (TPSA) is 47.9 Å². The lowest BCUT2D eigenvalue weighted by Crippen LogP contribution is -2.19. The minimum atomic E-state index is -0.0250. The van der Waals surface area contributed by atoms with Gasteiger partial charge in [0.25, 0.3) is 0 Å². The highest BCUT2D eigenvalue weighted by Crippen LogP contribution is 2.19. The van der Waals surface area contributed by atoms with Crippen LogP contribution < -0.4 is 0 Å². The van der Waals surface area contributed by atoms with Crippen molar-refractivity contribution < 1.29 is 19.3 Å². The average Bonchev–Trinajstić information content (AvgIpc) is 3.18. The van der Waals surface area contributed by atoms with E-state index in [0.29, 0.717) is 19.8 Å². The highest BCUT2D eigenvalue weighted by atomic mass is 16.7. The third-order valence-electron chi connectivity index (χ3n) is 5.86. The molecule has 174 valence electrons. The Hall–Kier alpha value is -0.160. The number of rotatable bonds is 22. The predicted octanol–water partition coefficient (Wildman–Crippen LogP) is 6.78. The van der Waals surface area contributed by atoms with Gasteiger partial charge in [0.1, 0.15) is 6.10 Å². The average molecular weight is 415 g/mol. The maximum atomic E-state index is 8.74. The van der Waals surface area contributed by atoms with E-state index in [1.165, 1.54) is 96.3 Å². The molecule has 0 radical (unpaired) electrons. The molecule has 1 fully saturated rings. The number of hydrogen-bond donors (Lipinski definition) is 1. The van der Waals surface area contributed by atoms with Crippen molar-refractivity contribution in [1.82, 2.24) is 0 Å². The van der Waals surface area contributed by atoms with Gasteiger partial charge in [-0.25, -0.2) is 0 Å². The summed E-state index contributed by atoms with van der Waals surface area (Å²) >= 11 is 0. The first-order chi connectivity index (χ1) is 14.4. The summed E-state index contributed by atoms with van der Waals surface area (Å²) in [6.45, 7) is 4.50. The van der Waals surface area contributed by atoms with Gasteiger partial charge < -0.3 is 19.3 Å². The van der Waals surface area contributed by atoms with E-state index in [-0.39, 0.29) is 19.0 Å². The van der Waals surface area contributed by atoms with Crippen LogP contribution in [0, 0.1) is 0 Å². The molecule has 1 rings (SSSR count). The Morgan fingerprint density at radius 2 is 1.28 bits per heavy atom. The molecule has 29 heavy (non-hydrogen) atoms. The number of ether oxygens (including phenoxy) is 3. The van der Waals surface area contributed by atoms with Gasteiger partial charge in [-0.15, -0.1) is 0 Å². The molecule has 0 aromatic carbocycles. The summed E-state index contributed by atoms with van der Waals surface area (Å²) in [6.07, 6.45) is 23.7. The molecule has 0 aromatic rings. The van der Waals surface area contributed by atoms with Crippen LogP contribution in [0.25, 0.3) is 0 Å². The van der Waals surface area contributed by atoms with E-state index in [1.807, 2.05) is 0 Å². The molecule has 4 heteroatoms. The van der Waals surface area contributed by atoms with Crippen LogP contribution >= 0.6 is 0 Å². The number of unbranched alkanes of at least 4 members (excludes halogenated alkanes) is 15. The van der Waals surface area contributed by atoms with Crippen molar-refractivity contribution in [2.24, 2.45) is 0 Å². The van der Waals surface area contributed by atoms with Crippen LogP contribution in [-0.2, 0) is 14.2 Å². The second kappa shape index (κ2) is 21.1. The normalized spacial score (nSPS) is 19.2. The van der Waals surface area contributed by atoms with Crippen LogP contribution in [0.15, 0.2) is 0 Å². The van der Waals surface area contributed by atoms with Crippen molar-refractivity contribution >= 4 is 0 Å². The van der Waals surface area contributed by atoms with Crippen molar-refractivity contribution in [2.75, 3.05) is 26.4 Å². The first-order valence-electron chi connectivity index (χ1n) is 12.8. The van der Waals surface area contributed by atoms with Crippen molar-refractivity contribution in [3.05, 3.63) is 0 Å². The van der Waals surface area contributed by atoms with Crippen molar-refractivity contribution in [3.8, 4) is 0 Å². The monoisotopic (exact) mass is 414 g/mol. The van der Waals surface area contributed by atoms with Gasteiger partial charge in [0, 0.05) is 13.2 Å². The zero-order valence-corrected chi connectivity index (χ0v) is 19.4. The van der Waals surface area contributed by atoms with Crippen LogP contribution in [0.4, 0.5) is 0 Å². The number of hydrogen-bond acceptors (Lipinski definition) is 4. The summed E-state index contributed by atoms with van der Waals surface area (Å²) in [6, 6.07) is 0. The molecule has 0 spiro atoms. The molecule has 1 aliphatic rings. The molecule has 1 aliphatic heterocycles. The third-order valence-corrected chi connectivity index (χ3v) is 5.86. The van der Waals surface area contributed by atoms with Crippen molar-refractivity contribution in [2.45, 2.75) is 135 Å². The minimum Gasteiger partial charge on any atom is -0.396 e. The molecule has 2 unspecified atom stereocenters. The van der Waals surface area contributed by atoms with Crippen molar-refractivity contribution in [3.63, 3.8) is 0 Å². The summed E-state index contributed by atoms with van der Waals surface area (Å²) < 4.78 is 17.2. The number of aliphatic hydroxyl groups is 1. The fourth-order valence-corrected chi connectivity index (χ4v) is 3.96. The SMILES string of the molecule is CCCCCCCCCCCCCCCCCC1OCC(COCCCCO)O1. The molecular formula is C25H50O4. The molecule has 0 aromatic heterocycles. The quantitative estimate of drug-likeness (QED) is 0.198. The van der Waals surface area contributed by atoms with Gasteiger partial charge in [0.15, 0.2) is 6.29 Å². The molecule has 0 aliphatic carbocycles. The van der Waals surface area contributed by atoms with E-state index >= 15 is 0 Å². The second-order valence-corrected chi connectivity index (χ2v) is 8.77. The smallest absolute Gasteiger partial charge is 0.158 e. The molecule has 0 bridgehead atoms. The lowest BCUT2D eigenvalue weighted by atomic mass is 10.0. The lowest BCUT2D eigenvalue weighted by Gasteiger charge is -2.11. The Labute approximate surface area is 181 Å². The van der Waals surface area contributed by atoms with E-state index in [2.05, 4.69) is 6.92 Å². The molecule has 2 atom stereocenters. The Balaban J connectivity index is 1.75. The summed E-state index contributed by atoms with van der Waals surface area (Å²) in [5.41, 5.74) is 0. The molecule has 1 heterocycles. The standard InChI is InChI=1S/C25H50O4/c1-2-3-4-5-6-7-8-9-10-11-12-13-14-15-16-19-25-28-23-24(29-25)22-27-21-18-17-20-26/h24-26H,2-23H2,1H3. The zero-order chi connectivity index (χ0) is 20.8. The van der Waals surface area contributed by atoms with Gasteiger partial charge >= 0.3 is 0 Å². The summed E-state index contributed by atoms with van der Waals surface area (Å²) in [5, 5.41) is 8.74. The first-order valence-corrected chi connectivity index (χ1v) is 12.8. The molecular weight excluding hydrogens is 364 g/mol. The zero-order valence-electron chi connectivity index (χ0n) is 19.4. The Kier molecular flexibility index (Phi) is 19.5. The van der Waals surface area contributed by atoms with E-state index in [1.54, 1.807) is 0 Å². The third kappa shape index (κ3) is 17.2. The van der Waals surface area contributed by atoms with Crippen LogP contribution in [-0.4, -0.2) is 43.9 Å². The summed E-state index contributed by atoms with van der Waals surface area (Å²) in [7, 11) is 0. The van der Waals surface area contributed by atoms with Gasteiger partial charge in [0.2, 0.25) is 0 Å². The van der Waals surface area contributed by atoms with Gasteiger partial charge in [-0.1, -0.05) is 96.8 Å². The van der Waals surface area contributed by atoms with E-state index < -0.39 is 0 Å². The van der Waals surface area contributed by atoms with E-state index in [4.69, 9.17) is 19.3 Å². The van der Waals surface area contributed by atoms with Gasteiger partial charge in [0.05, 0.1) is 13.2 Å². The van der Waals surface area contributed by atoms with Crippen molar-refractivity contribution in [1.29, 1.82) is 0 Å². The highest BCUT2D eigenvalue weighted by Gasteiger charge is 2.25. The Bertz CT molecular complexity index is 324. The Morgan fingerprint density at radius 3 is 1.83 bits per heavy atom. The molecule has 1 N–H and O–H groups in total. The van der Waals surface area contributed by atoms with Crippen LogP contribution in [0.2, 0.25) is 0 Å². The van der Waals surface area contributed by atoms with E-state index in [9.17, 15) is 0 Å². The molecule has 0 amide bonds. The largest absolute Gasteiger partial charge is 0.396 e. The minimum absolute atomic E-state index is 0.0250. The molecule has 0 saturated carbocycles. The van der Waals surface area contributed by atoms with Gasteiger partial charge in [-0.3, -0.25) is 0 Å². The summed E-state index contributed by atoms with van der Waals surface area (Å²) in [5.74, 6) is 0. The predicted molar refractivity (Wildman–Crippen MR) is 121 cm³/mol. The molecule has 4 nitrogen and oxygen atoms in total. The second-order valence-electron chi connectivity index (χ2n) is 8.77. The van der Waals surface area contributed by atoms with Gasteiger partial charge in [-0.2, -0.15) is 0 Å². The van der Waals surface area contributed by atoms with Gasteiger partial charge in [-0.05, 0) is 25.7 Å². The lowest BCUT2D eigenvalue weighted by molar-refractivity contribution is -0.0761. The first kappa shape index (κ1) is 26.9. The molecule has 1 saturated heterocycles. The number of aliphatic hydroxyl groups excluding tert-OH is 1. The summed E-state index contributed by atoms with van der Waals surface area (Å²) in [4.78, 5) is 0.